The van der Waals surface area contributed by atoms with Crippen molar-refractivity contribution in [1.29, 1.82) is 0 Å². The first-order chi connectivity index (χ1) is 12.0. The summed E-state index contributed by atoms with van der Waals surface area (Å²) < 4.78 is 13.1. The fourth-order valence-electron chi connectivity index (χ4n) is 3.43. The van der Waals surface area contributed by atoms with E-state index < -0.39 is 6.04 Å². The lowest BCUT2D eigenvalue weighted by Gasteiger charge is -2.31. The van der Waals surface area contributed by atoms with Crippen molar-refractivity contribution in [2.75, 3.05) is 0 Å². The Labute approximate surface area is 149 Å². The van der Waals surface area contributed by atoms with Crippen LogP contribution in [-0.2, 0) is 16.1 Å². The van der Waals surface area contributed by atoms with Crippen molar-refractivity contribution in [3.05, 3.63) is 35.6 Å². The third kappa shape index (κ3) is 5.55. The molecular weight excluding hydrogens is 319 g/mol. The zero-order chi connectivity index (χ0) is 18.2. The molecule has 1 aromatic rings. The van der Waals surface area contributed by atoms with E-state index in [9.17, 15) is 14.0 Å². The van der Waals surface area contributed by atoms with Gasteiger partial charge in [-0.2, -0.15) is 0 Å². The highest BCUT2D eigenvalue weighted by Gasteiger charge is 2.30. The predicted molar refractivity (Wildman–Crippen MR) is 96.3 cm³/mol. The molecule has 1 aliphatic rings. The van der Waals surface area contributed by atoms with Gasteiger partial charge >= 0.3 is 0 Å². The number of carbonyl (C=O) groups excluding carboxylic acids is 2. The number of nitrogens with one attached hydrogen (secondary N) is 1. The first kappa shape index (κ1) is 19.4. The number of carbonyl (C=O) groups is 2. The monoisotopic (exact) mass is 348 g/mol. The molecule has 1 aromatic carbocycles. The fraction of sp³-hybridized carbons (Fsp3) is 0.600. The zero-order valence-electron chi connectivity index (χ0n) is 15.3. The van der Waals surface area contributed by atoms with Gasteiger partial charge in [-0.3, -0.25) is 9.59 Å². The highest BCUT2D eigenvalue weighted by molar-refractivity contribution is 5.87. The molecule has 2 rings (SSSR count). The van der Waals surface area contributed by atoms with Crippen LogP contribution in [0.4, 0.5) is 4.39 Å². The Bertz CT molecular complexity index is 568. The smallest absolute Gasteiger partial charge is 0.243 e. The molecule has 0 heterocycles. The van der Waals surface area contributed by atoms with Crippen molar-refractivity contribution in [2.45, 2.75) is 77.4 Å². The second-order valence-electron chi connectivity index (χ2n) is 6.81. The molecule has 2 amide bonds. The number of amides is 2. The molecule has 0 aromatic heterocycles. The van der Waals surface area contributed by atoms with Gasteiger partial charge in [0.15, 0.2) is 0 Å². The fourth-order valence-corrected chi connectivity index (χ4v) is 3.43. The summed E-state index contributed by atoms with van der Waals surface area (Å²) in [5.41, 5.74) is 0.831. The number of halogens is 1. The first-order valence-electron chi connectivity index (χ1n) is 9.39. The summed E-state index contributed by atoms with van der Waals surface area (Å²) in [5, 5.41) is 3.11. The molecule has 5 heteroatoms. The summed E-state index contributed by atoms with van der Waals surface area (Å²) in [7, 11) is 0. The average Bonchev–Trinajstić information content (AvgIpc) is 3.09. The molecule has 1 N–H and O–H groups in total. The Morgan fingerprint density at radius 2 is 1.84 bits per heavy atom. The number of benzene rings is 1. The van der Waals surface area contributed by atoms with Crippen LogP contribution in [0, 0.1) is 5.82 Å². The summed E-state index contributed by atoms with van der Waals surface area (Å²) in [6.45, 7) is 4.21. The van der Waals surface area contributed by atoms with Crippen molar-refractivity contribution >= 4 is 11.8 Å². The van der Waals surface area contributed by atoms with Gasteiger partial charge in [0, 0.05) is 19.0 Å². The lowest BCUT2D eigenvalue weighted by atomic mass is 10.1. The summed E-state index contributed by atoms with van der Waals surface area (Å²) in [6.07, 6.45) is 6.04. The van der Waals surface area contributed by atoms with Crippen molar-refractivity contribution in [2.24, 2.45) is 0 Å². The summed E-state index contributed by atoms with van der Waals surface area (Å²) in [5.74, 6) is -0.401. The van der Waals surface area contributed by atoms with E-state index in [1.54, 1.807) is 17.0 Å². The van der Waals surface area contributed by atoms with Crippen LogP contribution in [0.25, 0.3) is 0 Å². The van der Waals surface area contributed by atoms with Gasteiger partial charge < -0.3 is 10.2 Å². The van der Waals surface area contributed by atoms with Crippen LogP contribution in [0.2, 0.25) is 0 Å². The molecule has 0 radical (unpaired) electrons. The largest absolute Gasteiger partial charge is 0.352 e. The van der Waals surface area contributed by atoms with Gasteiger partial charge in [-0.25, -0.2) is 4.39 Å². The first-order valence-corrected chi connectivity index (χ1v) is 9.39. The van der Waals surface area contributed by atoms with Gasteiger partial charge in [-0.05, 0) is 43.4 Å². The predicted octanol–water partition coefficient (Wildman–Crippen LogP) is 3.79. The maximum absolute atomic E-state index is 13.1. The molecule has 0 bridgehead atoms. The van der Waals surface area contributed by atoms with Gasteiger partial charge in [0.1, 0.15) is 11.9 Å². The summed E-state index contributed by atoms with van der Waals surface area (Å²) >= 11 is 0. The highest BCUT2D eigenvalue weighted by atomic mass is 19.1. The average molecular weight is 348 g/mol. The number of hydrogen-bond donors (Lipinski definition) is 1. The molecular formula is C20H29FN2O2. The van der Waals surface area contributed by atoms with E-state index in [1.807, 2.05) is 13.8 Å². The molecule has 0 saturated heterocycles. The van der Waals surface area contributed by atoms with Crippen molar-refractivity contribution < 1.29 is 14.0 Å². The maximum Gasteiger partial charge on any atom is 0.243 e. The van der Waals surface area contributed by atoms with Crippen LogP contribution in [0.3, 0.4) is 0 Å². The Kier molecular flexibility index (Phi) is 7.41. The zero-order valence-corrected chi connectivity index (χ0v) is 15.3. The topological polar surface area (TPSA) is 49.4 Å². The number of rotatable bonds is 8. The minimum atomic E-state index is -0.482. The van der Waals surface area contributed by atoms with Crippen LogP contribution < -0.4 is 5.32 Å². The number of hydrogen-bond acceptors (Lipinski definition) is 2. The van der Waals surface area contributed by atoms with Crippen molar-refractivity contribution in [3.8, 4) is 0 Å². The number of nitrogens with zero attached hydrogens (tertiary/aromatic N) is 1. The maximum atomic E-state index is 13.1. The molecule has 25 heavy (non-hydrogen) atoms. The molecule has 1 atom stereocenters. The minimum Gasteiger partial charge on any atom is -0.352 e. The van der Waals surface area contributed by atoms with Gasteiger partial charge in [0.05, 0.1) is 0 Å². The van der Waals surface area contributed by atoms with Crippen LogP contribution in [0.5, 0.6) is 0 Å². The third-order valence-corrected chi connectivity index (χ3v) is 4.82. The van der Waals surface area contributed by atoms with Crippen molar-refractivity contribution in [3.63, 3.8) is 0 Å². The summed E-state index contributed by atoms with van der Waals surface area (Å²) in [4.78, 5) is 27.0. The van der Waals surface area contributed by atoms with E-state index in [0.717, 1.165) is 37.7 Å². The van der Waals surface area contributed by atoms with E-state index >= 15 is 0 Å². The standard InChI is InChI=1S/C20H29FN2O2/c1-3-7-19(24)23(14-15-10-12-16(21)13-11-15)18(4-2)20(25)22-17-8-5-6-9-17/h10-13,17-18H,3-9,14H2,1-2H3,(H,22,25). The summed E-state index contributed by atoms with van der Waals surface area (Å²) in [6, 6.07) is 5.86. The van der Waals surface area contributed by atoms with Crippen LogP contribution in [-0.4, -0.2) is 28.8 Å². The Morgan fingerprint density at radius 1 is 1.20 bits per heavy atom. The second kappa shape index (κ2) is 9.54. The lowest BCUT2D eigenvalue weighted by Crippen LogP contribution is -2.50. The van der Waals surface area contributed by atoms with E-state index in [0.29, 0.717) is 19.4 Å². The van der Waals surface area contributed by atoms with E-state index in [-0.39, 0.29) is 23.7 Å². The molecule has 1 unspecified atom stereocenters. The quantitative estimate of drug-likeness (QED) is 0.777. The Balaban J connectivity index is 2.13. The van der Waals surface area contributed by atoms with Gasteiger partial charge in [-0.1, -0.05) is 38.8 Å². The van der Waals surface area contributed by atoms with E-state index in [1.165, 1.54) is 12.1 Å². The Morgan fingerprint density at radius 3 is 2.40 bits per heavy atom. The molecule has 138 valence electrons. The van der Waals surface area contributed by atoms with Crippen molar-refractivity contribution in [1.82, 2.24) is 10.2 Å². The van der Waals surface area contributed by atoms with E-state index in [2.05, 4.69) is 5.32 Å². The van der Waals surface area contributed by atoms with Crippen LogP contribution in [0.15, 0.2) is 24.3 Å². The highest BCUT2D eigenvalue weighted by Crippen LogP contribution is 2.19. The van der Waals surface area contributed by atoms with Crippen LogP contribution in [0.1, 0.15) is 64.4 Å². The van der Waals surface area contributed by atoms with E-state index in [4.69, 9.17) is 0 Å². The lowest BCUT2D eigenvalue weighted by molar-refractivity contribution is -0.141. The molecule has 1 aliphatic carbocycles. The molecule has 0 aliphatic heterocycles. The van der Waals surface area contributed by atoms with Gasteiger partial charge in [0.2, 0.25) is 11.8 Å². The van der Waals surface area contributed by atoms with Gasteiger partial charge in [0.25, 0.3) is 0 Å². The normalized spacial score (nSPS) is 15.8. The Hall–Kier alpha value is -1.91. The third-order valence-electron chi connectivity index (χ3n) is 4.82. The van der Waals surface area contributed by atoms with Crippen LogP contribution >= 0.6 is 0 Å². The second-order valence-corrected chi connectivity index (χ2v) is 6.81. The molecule has 1 saturated carbocycles. The molecule has 0 spiro atoms. The minimum absolute atomic E-state index is 0.0275. The molecule has 4 nitrogen and oxygen atoms in total. The van der Waals surface area contributed by atoms with Gasteiger partial charge in [-0.15, -0.1) is 0 Å². The SMILES string of the molecule is CCCC(=O)N(Cc1ccc(F)cc1)C(CC)C(=O)NC1CCCC1. The molecule has 1 fully saturated rings.